The largest absolute Gasteiger partial charge is 0.304 e. The molecule has 2 rings (SSSR count). The SMILES string of the molecule is CC1CS(=O)(=O)C(C)C(c2ccc(F)cn2)N1. The number of halogens is 1. The Morgan fingerprint density at radius 3 is 2.71 bits per heavy atom. The molecule has 1 fully saturated rings. The number of rotatable bonds is 1. The van der Waals surface area contributed by atoms with Gasteiger partial charge in [-0.3, -0.25) is 4.98 Å². The molecule has 3 atom stereocenters. The van der Waals surface area contributed by atoms with Gasteiger partial charge in [0, 0.05) is 6.04 Å². The molecule has 1 aliphatic heterocycles. The molecule has 0 aromatic carbocycles. The molecule has 4 nitrogen and oxygen atoms in total. The van der Waals surface area contributed by atoms with Crippen LogP contribution in [0.1, 0.15) is 25.6 Å². The molecule has 6 heteroatoms. The standard InChI is InChI=1S/C11H15FN2O2S/c1-7-6-17(15,16)8(2)11(14-7)10-4-3-9(12)5-13-10/h3-5,7-8,11,14H,6H2,1-2H3. The Kier molecular flexibility index (Phi) is 3.18. The zero-order chi connectivity index (χ0) is 12.6. The zero-order valence-corrected chi connectivity index (χ0v) is 10.5. The van der Waals surface area contributed by atoms with Crippen LogP contribution in [0.2, 0.25) is 0 Å². The number of sulfone groups is 1. The van der Waals surface area contributed by atoms with E-state index >= 15 is 0 Å². The third kappa shape index (κ3) is 2.47. The van der Waals surface area contributed by atoms with Gasteiger partial charge in [-0.05, 0) is 26.0 Å². The number of pyridine rings is 1. The van der Waals surface area contributed by atoms with Crippen molar-refractivity contribution in [3.8, 4) is 0 Å². The summed E-state index contributed by atoms with van der Waals surface area (Å²) >= 11 is 0. The fraction of sp³-hybridized carbons (Fsp3) is 0.545. The summed E-state index contributed by atoms with van der Waals surface area (Å²) in [5.74, 6) is -0.292. The molecule has 1 saturated heterocycles. The number of hydrogen-bond acceptors (Lipinski definition) is 4. The number of nitrogens with one attached hydrogen (secondary N) is 1. The van der Waals surface area contributed by atoms with Gasteiger partial charge in [-0.15, -0.1) is 0 Å². The highest BCUT2D eigenvalue weighted by Crippen LogP contribution is 2.26. The second kappa shape index (κ2) is 4.34. The summed E-state index contributed by atoms with van der Waals surface area (Å²) in [6, 6.07) is 2.33. The Labute approximate surface area is 100 Å². The van der Waals surface area contributed by atoms with Crippen LogP contribution in [0.15, 0.2) is 18.3 Å². The van der Waals surface area contributed by atoms with Crippen molar-refractivity contribution in [2.45, 2.75) is 31.2 Å². The third-order valence-corrected chi connectivity index (χ3v) is 5.42. The first-order valence-electron chi connectivity index (χ1n) is 5.49. The maximum atomic E-state index is 12.8. The predicted molar refractivity (Wildman–Crippen MR) is 62.8 cm³/mol. The van der Waals surface area contributed by atoms with Crippen molar-refractivity contribution in [1.29, 1.82) is 0 Å². The molecule has 0 bridgehead atoms. The van der Waals surface area contributed by atoms with Gasteiger partial charge in [0.1, 0.15) is 5.82 Å². The molecule has 0 radical (unpaired) electrons. The maximum absolute atomic E-state index is 12.8. The monoisotopic (exact) mass is 258 g/mol. The summed E-state index contributed by atoms with van der Waals surface area (Å²) in [6.07, 6.45) is 1.11. The predicted octanol–water partition coefficient (Wildman–Crippen LogP) is 1.06. The van der Waals surface area contributed by atoms with Gasteiger partial charge < -0.3 is 5.32 Å². The molecular formula is C11H15FN2O2S. The Hall–Kier alpha value is -1.01. The van der Waals surface area contributed by atoms with Crippen molar-refractivity contribution in [2.24, 2.45) is 0 Å². The molecule has 1 aliphatic rings. The summed E-state index contributed by atoms with van der Waals surface area (Å²) in [5.41, 5.74) is 0.564. The van der Waals surface area contributed by atoms with E-state index in [0.29, 0.717) is 5.69 Å². The molecular weight excluding hydrogens is 243 g/mol. The molecule has 1 N–H and O–H groups in total. The summed E-state index contributed by atoms with van der Waals surface area (Å²) in [6.45, 7) is 3.48. The molecule has 1 aromatic rings. The first-order valence-corrected chi connectivity index (χ1v) is 7.21. The van der Waals surface area contributed by atoms with Crippen LogP contribution in [0.4, 0.5) is 4.39 Å². The van der Waals surface area contributed by atoms with Crippen molar-refractivity contribution in [3.63, 3.8) is 0 Å². The number of aromatic nitrogens is 1. The highest BCUT2D eigenvalue weighted by Gasteiger charge is 2.37. The van der Waals surface area contributed by atoms with Crippen LogP contribution >= 0.6 is 0 Å². The Morgan fingerprint density at radius 1 is 1.41 bits per heavy atom. The average molecular weight is 258 g/mol. The highest BCUT2D eigenvalue weighted by atomic mass is 32.2. The Balaban J connectivity index is 2.34. The second-order valence-corrected chi connectivity index (χ2v) is 6.88. The smallest absolute Gasteiger partial charge is 0.156 e. The lowest BCUT2D eigenvalue weighted by Crippen LogP contribution is -2.50. The molecule has 0 amide bonds. The zero-order valence-electron chi connectivity index (χ0n) is 9.72. The van der Waals surface area contributed by atoms with Crippen molar-refractivity contribution < 1.29 is 12.8 Å². The van der Waals surface area contributed by atoms with E-state index in [4.69, 9.17) is 0 Å². The van der Waals surface area contributed by atoms with E-state index in [-0.39, 0.29) is 17.8 Å². The third-order valence-electron chi connectivity index (χ3n) is 3.05. The Morgan fingerprint density at radius 2 is 2.12 bits per heavy atom. The van der Waals surface area contributed by atoms with Crippen LogP contribution in [-0.2, 0) is 9.84 Å². The average Bonchev–Trinajstić information content (AvgIpc) is 2.24. The summed E-state index contributed by atoms with van der Waals surface area (Å²) in [4.78, 5) is 3.95. The first-order chi connectivity index (χ1) is 7.90. The molecule has 17 heavy (non-hydrogen) atoms. The quantitative estimate of drug-likeness (QED) is 0.818. The first kappa shape index (κ1) is 12.4. The fourth-order valence-corrected chi connectivity index (χ4v) is 3.82. The van der Waals surface area contributed by atoms with Gasteiger partial charge in [0.05, 0.1) is 28.9 Å². The molecule has 0 saturated carbocycles. The van der Waals surface area contributed by atoms with Crippen molar-refractivity contribution in [1.82, 2.24) is 10.3 Å². The topological polar surface area (TPSA) is 59.1 Å². The summed E-state index contributed by atoms with van der Waals surface area (Å²) in [5, 5.41) is 2.65. The van der Waals surface area contributed by atoms with Crippen LogP contribution in [-0.4, -0.2) is 30.4 Å². The van der Waals surface area contributed by atoms with Gasteiger partial charge in [-0.1, -0.05) is 0 Å². The van der Waals surface area contributed by atoms with E-state index in [9.17, 15) is 12.8 Å². The van der Waals surface area contributed by atoms with Gasteiger partial charge >= 0.3 is 0 Å². The highest BCUT2D eigenvalue weighted by molar-refractivity contribution is 7.92. The normalized spacial score (nSPS) is 32.3. The van der Waals surface area contributed by atoms with Gasteiger partial charge in [0.2, 0.25) is 0 Å². The van der Waals surface area contributed by atoms with Crippen molar-refractivity contribution >= 4 is 9.84 Å². The molecule has 0 aliphatic carbocycles. The lowest BCUT2D eigenvalue weighted by molar-refractivity contribution is 0.420. The van der Waals surface area contributed by atoms with Crippen molar-refractivity contribution in [3.05, 3.63) is 29.8 Å². The van der Waals surface area contributed by atoms with E-state index in [1.807, 2.05) is 6.92 Å². The van der Waals surface area contributed by atoms with Crippen LogP contribution < -0.4 is 5.32 Å². The van der Waals surface area contributed by atoms with E-state index < -0.39 is 20.9 Å². The van der Waals surface area contributed by atoms with Crippen LogP contribution in [0.3, 0.4) is 0 Å². The maximum Gasteiger partial charge on any atom is 0.156 e. The molecule has 94 valence electrons. The molecule has 1 aromatic heterocycles. The lowest BCUT2D eigenvalue weighted by atomic mass is 10.1. The van der Waals surface area contributed by atoms with E-state index in [2.05, 4.69) is 10.3 Å². The Bertz CT molecular complexity index is 501. The second-order valence-electron chi connectivity index (χ2n) is 4.48. The van der Waals surface area contributed by atoms with Gasteiger partial charge in [-0.25, -0.2) is 12.8 Å². The van der Waals surface area contributed by atoms with E-state index in [1.165, 1.54) is 12.1 Å². The molecule has 2 heterocycles. The van der Waals surface area contributed by atoms with E-state index in [1.54, 1.807) is 6.92 Å². The molecule has 0 spiro atoms. The number of nitrogens with zero attached hydrogens (tertiary/aromatic N) is 1. The minimum Gasteiger partial charge on any atom is -0.304 e. The minimum atomic E-state index is -3.11. The van der Waals surface area contributed by atoms with E-state index in [0.717, 1.165) is 6.20 Å². The van der Waals surface area contributed by atoms with Crippen LogP contribution in [0.5, 0.6) is 0 Å². The number of hydrogen-bond donors (Lipinski definition) is 1. The van der Waals surface area contributed by atoms with Gasteiger partial charge in [0.15, 0.2) is 9.84 Å². The fourth-order valence-electron chi connectivity index (χ4n) is 2.09. The summed E-state index contributed by atoms with van der Waals surface area (Å²) < 4.78 is 36.6. The lowest BCUT2D eigenvalue weighted by Gasteiger charge is -2.33. The van der Waals surface area contributed by atoms with Crippen molar-refractivity contribution in [2.75, 3.05) is 5.75 Å². The van der Waals surface area contributed by atoms with Gasteiger partial charge in [-0.2, -0.15) is 0 Å². The summed E-state index contributed by atoms with van der Waals surface area (Å²) in [7, 11) is -3.11. The molecule has 3 unspecified atom stereocenters. The van der Waals surface area contributed by atoms with Crippen LogP contribution in [0, 0.1) is 5.82 Å². The van der Waals surface area contributed by atoms with Gasteiger partial charge in [0.25, 0.3) is 0 Å². The minimum absolute atomic E-state index is 0.118. The van der Waals surface area contributed by atoms with Crippen LogP contribution in [0.25, 0.3) is 0 Å².